The topological polar surface area (TPSA) is 21.3 Å². The lowest BCUT2D eigenvalue weighted by molar-refractivity contribution is 0.502. The quantitative estimate of drug-likeness (QED) is 0.697. The van der Waals surface area contributed by atoms with Crippen LogP contribution < -0.4 is 5.32 Å². The maximum absolute atomic E-state index is 6.44. The van der Waals surface area contributed by atoms with Gasteiger partial charge in [0.2, 0.25) is 0 Å². The van der Waals surface area contributed by atoms with Crippen LogP contribution in [0.4, 0.5) is 0 Å². The Morgan fingerprint density at radius 1 is 1.13 bits per heavy atom. The zero-order valence-electron chi connectivity index (χ0n) is 11.6. The average molecular weight is 248 g/mol. The smallest absolute Gasteiger partial charge is 0.173 e. The highest BCUT2D eigenvalue weighted by molar-refractivity contribution is 6.84. The molecule has 0 saturated heterocycles. The van der Waals surface area contributed by atoms with Crippen molar-refractivity contribution in [2.24, 2.45) is 5.92 Å². The molecule has 0 aromatic rings. The van der Waals surface area contributed by atoms with Gasteiger partial charge in [0, 0.05) is 0 Å². The molecule has 0 fully saturated rings. The Morgan fingerprint density at radius 3 is 2.07 bits per heavy atom. The summed E-state index contributed by atoms with van der Waals surface area (Å²) in [5.74, 6) is 0.735. The molecular weight excluding hydrogens is 218 g/mol. The van der Waals surface area contributed by atoms with Crippen molar-refractivity contribution in [3.63, 3.8) is 0 Å². The SMILES string of the molecule is CC[Si](C)(C)O[Si](C)(C)CC(C)CNC. The van der Waals surface area contributed by atoms with Crippen molar-refractivity contribution in [1.82, 2.24) is 5.32 Å². The molecule has 1 N–H and O–H groups in total. The molecule has 0 amide bonds. The molecule has 0 aromatic carbocycles. The maximum Gasteiger partial charge on any atom is 0.173 e. The third-order valence-electron chi connectivity index (χ3n) is 2.80. The van der Waals surface area contributed by atoms with Gasteiger partial charge in [-0.05, 0) is 57.8 Å². The summed E-state index contributed by atoms with van der Waals surface area (Å²) in [4.78, 5) is 0. The summed E-state index contributed by atoms with van der Waals surface area (Å²) in [7, 11) is -0.775. The van der Waals surface area contributed by atoms with E-state index in [4.69, 9.17) is 4.12 Å². The molecule has 1 unspecified atom stereocenters. The maximum atomic E-state index is 6.44. The molecule has 0 heterocycles. The van der Waals surface area contributed by atoms with E-state index in [9.17, 15) is 0 Å². The molecule has 0 radical (unpaired) electrons. The van der Waals surface area contributed by atoms with Crippen molar-refractivity contribution in [3.05, 3.63) is 0 Å². The van der Waals surface area contributed by atoms with E-state index in [-0.39, 0.29) is 0 Å². The highest BCUT2D eigenvalue weighted by Gasteiger charge is 2.32. The first-order chi connectivity index (χ1) is 6.72. The molecule has 1 atom stereocenters. The second kappa shape index (κ2) is 6.18. The van der Waals surface area contributed by atoms with E-state index in [0.717, 1.165) is 12.5 Å². The summed E-state index contributed by atoms with van der Waals surface area (Å²) in [5.41, 5.74) is 0. The van der Waals surface area contributed by atoms with Gasteiger partial charge in [0.1, 0.15) is 0 Å². The van der Waals surface area contributed by atoms with Crippen molar-refractivity contribution < 1.29 is 4.12 Å². The second-order valence-corrected chi connectivity index (χ2v) is 14.8. The average Bonchev–Trinajstić information content (AvgIpc) is 2.01. The van der Waals surface area contributed by atoms with E-state index in [1.54, 1.807) is 0 Å². The molecule has 4 heteroatoms. The summed E-state index contributed by atoms with van der Waals surface area (Å²) < 4.78 is 6.44. The van der Waals surface area contributed by atoms with Crippen molar-refractivity contribution in [2.75, 3.05) is 13.6 Å². The van der Waals surface area contributed by atoms with Gasteiger partial charge < -0.3 is 9.43 Å². The van der Waals surface area contributed by atoms with Gasteiger partial charge >= 0.3 is 0 Å². The van der Waals surface area contributed by atoms with E-state index >= 15 is 0 Å². The van der Waals surface area contributed by atoms with Crippen molar-refractivity contribution in [3.8, 4) is 0 Å². The van der Waals surface area contributed by atoms with Crippen LogP contribution in [-0.2, 0) is 4.12 Å². The molecule has 0 spiro atoms. The zero-order valence-corrected chi connectivity index (χ0v) is 13.6. The highest BCUT2D eigenvalue weighted by atomic mass is 28.4. The largest absolute Gasteiger partial charge is 0.455 e. The Kier molecular flexibility index (Phi) is 6.32. The van der Waals surface area contributed by atoms with E-state index in [2.05, 4.69) is 45.4 Å². The fraction of sp³-hybridized carbons (Fsp3) is 1.00. The van der Waals surface area contributed by atoms with Gasteiger partial charge in [-0.2, -0.15) is 0 Å². The Hall–Kier alpha value is 0.354. The van der Waals surface area contributed by atoms with Crippen LogP contribution in [-0.4, -0.2) is 30.2 Å². The van der Waals surface area contributed by atoms with Crippen LogP contribution in [0.3, 0.4) is 0 Å². The van der Waals surface area contributed by atoms with Gasteiger partial charge in [-0.15, -0.1) is 0 Å². The zero-order chi connectivity index (χ0) is 12.1. The minimum Gasteiger partial charge on any atom is -0.455 e. The molecule has 0 bridgehead atoms. The molecule has 0 rings (SSSR count). The van der Waals surface area contributed by atoms with E-state index < -0.39 is 16.6 Å². The number of hydrogen-bond donors (Lipinski definition) is 1. The molecule has 92 valence electrons. The normalized spacial score (nSPS) is 15.4. The minimum absolute atomic E-state index is 0.735. The van der Waals surface area contributed by atoms with Crippen LogP contribution in [0, 0.1) is 5.92 Å². The van der Waals surface area contributed by atoms with Gasteiger partial charge in [0.25, 0.3) is 0 Å². The Bertz CT molecular complexity index is 183. The van der Waals surface area contributed by atoms with E-state index in [0.29, 0.717) is 0 Å². The third-order valence-corrected chi connectivity index (χ3v) is 10.6. The first-order valence-corrected chi connectivity index (χ1v) is 12.3. The molecular formula is C11H29NOSi2. The Morgan fingerprint density at radius 2 is 1.67 bits per heavy atom. The van der Waals surface area contributed by atoms with Crippen molar-refractivity contribution >= 4 is 16.6 Å². The second-order valence-electron chi connectivity index (χ2n) is 5.84. The predicted molar refractivity (Wildman–Crippen MR) is 74.4 cm³/mol. The molecule has 0 aromatic heterocycles. The lowest BCUT2D eigenvalue weighted by Crippen LogP contribution is -2.45. The Labute approximate surface area is 98.1 Å². The summed E-state index contributed by atoms with van der Waals surface area (Å²) in [6, 6.07) is 2.49. The minimum atomic E-state index is -1.44. The molecule has 2 nitrogen and oxygen atoms in total. The van der Waals surface area contributed by atoms with Crippen LogP contribution in [0.2, 0.25) is 38.3 Å². The van der Waals surface area contributed by atoms with Crippen LogP contribution in [0.15, 0.2) is 0 Å². The molecule has 0 aliphatic carbocycles. The van der Waals surface area contributed by atoms with Gasteiger partial charge in [-0.1, -0.05) is 13.8 Å². The predicted octanol–water partition coefficient (Wildman–Crippen LogP) is 3.29. The van der Waals surface area contributed by atoms with Gasteiger partial charge in [-0.25, -0.2) is 0 Å². The highest BCUT2D eigenvalue weighted by Crippen LogP contribution is 2.24. The molecule has 0 aliphatic rings. The standard InChI is InChI=1S/C11H29NOSi2/c1-8-14(4,5)13-15(6,7)10-11(2)9-12-3/h11-12H,8-10H2,1-7H3. The van der Waals surface area contributed by atoms with Crippen LogP contribution >= 0.6 is 0 Å². The van der Waals surface area contributed by atoms with Gasteiger partial charge in [0.15, 0.2) is 16.6 Å². The van der Waals surface area contributed by atoms with Crippen LogP contribution in [0.25, 0.3) is 0 Å². The van der Waals surface area contributed by atoms with E-state index in [1.807, 2.05) is 7.05 Å². The molecule has 0 aliphatic heterocycles. The summed E-state index contributed by atoms with van der Waals surface area (Å²) in [5, 5.41) is 3.24. The van der Waals surface area contributed by atoms with Crippen molar-refractivity contribution in [1.29, 1.82) is 0 Å². The van der Waals surface area contributed by atoms with Crippen LogP contribution in [0.1, 0.15) is 13.8 Å². The van der Waals surface area contributed by atoms with Crippen molar-refractivity contribution in [2.45, 2.75) is 52.1 Å². The third kappa shape index (κ3) is 7.27. The fourth-order valence-electron chi connectivity index (χ4n) is 2.12. The number of hydrogen-bond acceptors (Lipinski definition) is 2. The monoisotopic (exact) mass is 247 g/mol. The van der Waals surface area contributed by atoms with Crippen LogP contribution in [0.5, 0.6) is 0 Å². The first kappa shape index (κ1) is 15.4. The summed E-state index contributed by atoms with van der Waals surface area (Å²) in [6.07, 6.45) is 0. The Balaban J connectivity index is 4.17. The van der Waals surface area contributed by atoms with E-state index in [1.165, 1.54) is 12.1 Å². The molecule has 0 saturated carbocycles. The number of nitrogens with one attached hydrogen (secondary N) is 1. The van der Waals surface area contributed by atoms with Gasteiger partial charge in [-0.3, -0.25) is 0 Å². The number of rotatable bonds is 7. The first-order valence-electron chi connectivity index (χ1n) is 6.07. The van der Waals surface area contributed by atoms with Gasteiger partial charge in [0.05, 0.1) is 0 Å². The fourth-order valence-corrected chi connectivity index (χ4v) is 10.8. The summed E-state index contributed by atoms with van der Waals surface area (Å²) in [6.45, 7) is 15.1. The lowest BCUT2D eigenvalue weighted by atomic mass is 10.2. The molecule has 15 heavy (non-hydrogen) atoms. The lowest BCUT2D eigenvalue weighted by Gasteiger charge is -2.35. The summed E-state index contributed by atoms with van der Waals surface area (Å²) >= 11 is 0.